The molecule has 4 fully saturated rings. The Morgan fingerprint density at radius 2 is 1.82 bits per heavy atom. The molecule has 4 bridgehead atoms. The largest absolute Gasteiger partial charge is 0.497 e. The van der Waals surface area contributed by atoms with Gasteiger partial charge in [0.05, 0.1) is 7.11 Å². The maximum Gasteiger partial charge on any atom is 0.119 e. The van der Waals surface area contributed by atoms with Crippen LogP contribution in [0.25, 0.3) is 0 Å². The van der Waals surface area contributed by atoms with E-state index >= 15 is 0 Å². The van der Waals surface area contributed by atoms with E-state index in [0.717, 1.165) is 30.2 Å². The second-order valence-corrected chi connectivity index (χ2v) is 12.2. The molecule has 0 aromatic heterocycles. The van der Waals surface area contributed by atoms with Gasteiger partial charge < -0.3 is 4.74 Å². The van der Waals surface area contributed by atoms with Crippen LogP contribution in [0.3, 0.4) is 0 Å². The van der Waals surface area contributed by atoms with E-state index in [1.54, 1.807) is 11.1 Å². The summed E-state index contributed by atoms with van der Waals surface area (Å²) in [5, 5.41) is 0. The summed E-state index contributed by atoms with van der Waals surface area (Å²) in [6.45, 7) is 3.72. The molecule has 3 saturated carbocycles. The Hall–Kier alpha value is -1.84. The van der Waals surface area contributed by atoms with E-state index in [4.69, 9.17) is 4.74 Å². The summed E-state index contributed by atoms with van der Waals surface area (Å²) in [5.74, 6) is 2.79. The number of rotatable bonds is 6. The molecule has 34 heavy (non-hydrogen) atoms. The monoisotopic (exact) mass is 456 g/mol. The number of hydrogen-bond acceptors (Lipinski definition) is 3. The lowest BCUT2D eigenvalue weighted by molar-refractivity contribution is -0.108. The minimum Gasteiger partial charge on any atom is -0.497 e. The lowest BCUT2D eigenvalue weighted by Crippen LogP contribution is -2.70. The average molecular weight is 457 g/mol. The number of likely N-dealkylation sites (tertiary alicyclic amines) is 1. The first kappa shape index (κ1) is 21.4. The number of methoxy groups -OCH3 is 1. The van der Waals surface area contributed by atoms with Gasteiger partial charge in [0.15, 0.2) is 0 Å². The van der Waals surface area contributed by atoms with Crippen LogP contribution < -0.4 is 4.74 Å². The normalized spacial score (nSPS) is 36.3. The zero-order valence-corrected chi connectivity index (χ0v) is 21.0. The van der Waals surface area contributed by atoms with E-state index in [1.807, 2.05) is 7.11 Å². The molecule has 0 radical (unpaired) electrons. The van der Waals surface area contributed by atoms with Crippen LogP contribution in [0.15, 0.2) is 48.5 Å². The summed E-state index contributed by atoms with van der Waals surface area (Å²) in [4.78, 5) is 5.68. The lowest BCUT2D eigenvalue weighted by Gasteiger charge is -2.67. The van der Waals surface area contributed by atoms with Gasteiger partial charge in [-0.15, -0.1) is 0 Å². The maximum atomic E-state index is 5.80. The molecule has 3 heteroatoms. The van der Waals surface area contributed by atoms with E-state index in [9.17, 15) is 0 Å². The maximum absolute atomic E-state index is 5.80. The predicted molar refractivity (Wildman–Crippen MR) is 137 cm³/mol. The third kappa shape index (κ3) is 2.95. The zero-order chi connectivity index (χ0) is 22.9. The van der Waals surface area contributed by atoms with Gasteiger partial charge in [-0.3, -0.25) is 9.80 Å². The Balaban J connectivity index is 1.30. The van der Waals surface area contributed by atoms with Gasteiger partial charge in [0.1, 0.15) is 5.75 Å². The molecule has 3 nitrogen and oxygen atoms in total. The summed E-state index contributed by atoms with van der Waals surface area (Å²) in [6, 6.07) is 19.6. The summed E-state index contributed by atoms with van der Waals surface area (Å²) in [5.41, 5.74) is 5.54. The molecular formula is C31H40N2O. The standard InChI is InChI=1S/C31H40N2O/c1-32(20-22-6-4-3-5-7-22)28-13-15-30-14-12-26(28)31(30)16-17-33(21-23-8-9-23)29(30)18-24-10-11-25(34-2)19-27(24)31/h3-7,10-11,19,23,26,28-29H,8-9,12-18,20-21H2,1-2H3. The Bertz CT molecular complexity index is 1060. The first-order chi connectivity index (χ1) is 16.6. The van der Waals surface area contributed by atoms with Gasteiger partial charge in [-0.25, -0.2) is 0 Å². The summed E-state index contributed by atoms with van der Waals surface area (Å²) in [7, 11) is 4.24. The predicted octanol–water partition coefficient (Wildman–Crippen LogP) is 5.66. The minimum atomic E-state index is 0.327. The molecular weight excluding hydrogens is 416 g/mol. The fourth-order valence-corrected chi connectivity index (χ4v) is 9.40. The topological polar surface area (TPSA) is 15.7 Å². The third-order valence-electron chi connectivity index (χ3n) is 10.9. The molecule has 5 aliphatic rings. The molecule has 5 atom stereocenters. The van der Waals surface area contributed by atoms with Crippen LogP contribution in [-0.4, -0.2) is 49.1 Å². The first-order valence-corrected chi connectivity index (χ1v) is 13.8. The van der Waals surface area contributed by atoms with Crippen molar-refractivity contribution in [3.8, 4) is 5.75 Å². The summed E-state index contributed by atoms with van der Waals surface area (Å²) in [6.07, 6.45) is 11.1. The van der Waals surface area contributed by atoms with Crippen molar-refractivity contribution >= 4 is 0 Å². The molecule has 2 aromatic carbocycles. The van der Waals surface area contributed by atoms with Crippen molar-refractivity contribution in [3.63, 3.8) is 0 Å². The van der Waals surface area contributed by atoms with Gasteiger partial charge >= 0.3 is 0 Å². The van der Waals surface area contributed by atoms with Crippen LogP contribution in [0.4, 0.5) is 0 Å². The first-order valence-electron chi connectivity index (χ1n) is 13.8. The van der Waals surface area contributed by atoms with E-state index in [2.05, 4.69) is 65.4 Å². The van der Waals surface area contributed by atoms with Crippen LogP contribution in [0, 0.1) is 17.3 Å². The molecule has 0 amide bonds. The van der Waals surface area contributed by atoms with Crippen LogP contribution in [0.1, 0.15) is 61.6 Å². The number of hydrogen-bond donors (Lipinski definition) is 0. The SMILES string of the molecule is COc1ccc2c(c1)C13CCN(CC4CC4)C(C2)C12CCC(N(C)Cc1ccccc1)C3CC2. The van der Waals surface area contributed by atoms with E-state index < -0.39 is 0 Å². The number of piperidine rings is 1. The Morgan fingerprint density at radius 1 is 1.00 bits per heavy atom. The fourth-order valence-electron chi connectivity index (χ4n) is 9.40. The van der Waals surface area contributed by atoms with E-state index in [1.165, 1.54) is 70.0 Å². The molecule has 5 unspecified atom stereocenters. The minimum absolute atomic E-state index is 0.327. The smallest absolute Gasteiger partial charge is 0.119 e. The summed E-state index contributed by atoms with van der Waals surface area (Å²) < 4.78 is 5.80. The van der Waals surface area contributed by atoms with Crippen LogP contribution in [0.5, 0.6) is 5.75 Å². The quantitative estimate of drug-likeness (QED) is 0.557. The number of ether oxygens (including phenoxy) is 1. The molecule has 1 aliphatic heterocycles. The van der Waals surface area contributed by atoms with Gasteiger partial charge in [0.2, 0.25) is 0 Å². The van der Waals surface area contributed by atoms with Gasteiger partial charge in [0, 0.05) is 30.6 Å². The molecule has 7 rings (SSSR count). The molecule has 180 valence electrons. The van der Waals surface area contributed by atoms with Crippen molar-refractivity contribution in [2.45, 2.75) is 75.4 Å². The van der Waals surface area contributed by atoms with Crippen LogP contribution in [-0.2, 0) is 18.4 Å². The highest BCUT2D eigenvalue weighted by molar-refractivity contribution is 5.50. The van der Waals surface area contributed by atoms with E-state index in [0.29, 0.717) is 16.9 Å². The molecule has 4 aliphatic carbocycles. The van der Waals surface area contributed by atoms with Crippen molar-refractivity contribution in [1.82, 2.24) is 9.80 Å². The number of benzene rings is 2. The number of nitrogens with zero attached hydrogens (tertiary/aromatic N) is 2. The van der Waals surface area contributed by atoms with Crippen molar-refractivity contribution in [1.29, 1.82) is 0 Å². The fraction of sp³-hybridized carbons (Fsp3) is 0.613. The highest BCUT2D eigenvalue weighted by Gasteiger charge is 2.71. The van der Waals surface area contributed by atoms with Gasteiger partial charge in [-0.1, -0.05) is 36.4 Å². The molecule has 1 saturated heterocycles. The molecule has 2 aromatic rings. The van der Waals surface area contributed by atoms with Crippen LogP contribution >= 0.6 is 0 Å². The van der Waals surface area contributed by atoms with Gasteiger partial charge in [-0.2, -0.15) is 0 Å². The Morgan fingerprint density at radius 3 is 2.62 bits per heavy atom. The molecule has 1 heterocycles. The highest BCUT2D eigenvalue weighted by atomic mass is 16.5. The Labute approximate surface area is 205 Å². The highest BCUT2D eigenvalue weighted by Crippen LogP contribution is 2.72. The second-order valence-electron chi connectivity index (χ2n) is 12.2. The Kier molecular flexibility index (Phi) is 4.94. The van der Waals surface area contributed by atoms with Crippen molar-refractivity contribution in [2.24, 2.45) is 17.3 Å². The van der Waals surface area contributed by atoms with Crippen molar-refractivity contribution < 1.29 is 4.74 Å². The van der Waals surface area contributed by atoms with Crippen molar-refractivity contribution in [3.05, 3.63) is 65.2 Å². The summed E-state index contributed by atoms with van der Waals surface area (Å²) >= 11 is 0. The van der Waals surface area contributed by atoms with Crippen LogP contribution in [0.2, 0.25) is 0 Å². The molecule has 0 spiro atoms. The van der Waals surface area contributed by atoms with Gasteiger partial charge in [0.25, 0.3) is 0 Å². The van der Waals surface area contributed by atoms with E-state index in [-0.39, 0.29) is 0 Å². The third-order valence-corrected chi connectivity index (χ3v) is 10.9. The second kappa shape index (κ2) is 7.83. The zero-order valence-electron chi connectivity index (χ0n) is 21.0. The van der Waals surface area contributed by atoms with Gasteiger partial charge in [-0.05, 0) is 111 Å². The molecule has 0 N–H and O–H groups in total. The average Bonchev–Trinajstić information content (AvgIpc) is 3.64. The number of fused-ring (bicyclic) bond motifs is 1. The lowest BCUT2D eigenvalue weighted by atomic mass is 9.43. The van der Waals surface area contributed by atoms with Crippen molar-refractivity contribution in [2.75, 3.05) is 27.2 Å².